The molecule has 0 amide bonds. The lowest BCUT2D eigenvalue weighted by atomic mass is 9.63. The van der Waals surface area contributed by atoms with Gasteiger partial charge in [-0.2, -0.15) is 0 Å². The van der Waals surface area contributed by atoms with E-state index in [2.05, 4.69) is 88.8 Å². The molecule has 12 N–H and O–H groups in total. The molecule has 93 heavy (non-hydrogen) atoms. The number of H-pyrrole nitrogens is 1. The number of phenols is 3. The average molecular weight is 1260 g/mol. The van der Waals surface area contributed by atoms with Crippen molar-refractivity contribution in [3.05, 3.63) is 171 Å². The van der Waals surface area contributed by atoms with Crippen LogP contribution >= 0.6 is 0 Å². The summed E-state index contributed by atoms with van der Waals surface area (Å²) in [4.78, 5) is 33.8. The third kappa shape index (κ3) is 14.0. The Bertz CT molecular complexity index is 3920. The second kappa shape index (κ2) is 28.8. The number of allylic oxidation sites excluding steroid dienone is 2. The lowest BCUT2D eigenvalue weighted by Crippen LogP contribution is -2.40. The van der Waals surface area contributed by atoms with Gasteiger partial charge in [0.25, 0.3) is 0 Å². The number of fused-ring (bicyclic) bond motifs is 15. The summed E-state index contributed by atoms with van der Waals surface area (Å²) in [7, 11) is 1.47. The molecule has 15 atom stereocenters. The first-order valence-corrected chi connectivity index (χ1v) is 33.7. The third-order valence-electron chi connectivity index (χ3n) is 21.7. The summed E-state index contributed by atoms with van der Waals surface area (Å²) >= 11 is 0. The van der Waals surface area contributed by atoms with Gasteiger partial charge in [-0.05, 0) is 191 Å². The molecule has 3 heterocycles. The number of nitrogens with one attached hydrogen (secondary N) is 4. The standard InChI is InChI=1S/C78H90N4O11/c1-4-9-62-54-28-52-27-48-19-22-64(66-38-73(89)74(93-3)34-49(66)20-23-71(87)78(92)77(91)67(48)33-54)63-13-6-5-12-61(63)53-26-46(65(56(29-53)42-83)32-47-11-8-15-70(86)69(47)43-84)10-7-14-60(52)50-24-25-80-75(35-50)82-57-21-18-45-16-17-51(76(90)68(45)36-57)31-59(85)41-79-39-44(2)55-30-58(81-40-55)37-72(62)88/h5-6,8,11-13,15-18,21,24,30,34-36,38,40,44,46,48,52-54,56,59-60,62,64-65,67,72,78-86,88-90,92H,4,9,14,20,23,25-29,31-33,37,39,41-43H2,1-3H3/t44-,46+,48+,52+,53+,54+,56+,59-,60+,62-,64+,65-,67-,72-,78-/m1/s1. The molecule has 5 aromatic carbocycles. The Hall–Kier alpha value is -7.86. The lowest BCUT2D eigenvalue weighted by Gasteiger charge is -2.41. The van der Waals surface area contributed by atoms with Crippen molar-refractivity contribution in [3.8, 4) is 46.7 Å². The zero-order chi connectivity index (χ0) is 65.0. The van der Waals surface area contributed by atoms with Gasteiger partial charge >= 0.3 is 0 Å². The number of carbonyl (C=O) groups is 2. The molecule has 488 valence electrons. The van der Waals surface area contributed by atoms with Gasteiger partial charge in [0.15, 0.2) is 29.2 Å². The zero-order valence-corrected chi connectivity index (χ0v) is 53.6. The smallest absolute Gasteiger partial charge is 0.173 e. The normalized spacial score (nSPS) is 29.3. The van der Waals surface area contributed by atoms with Gasteiger partial charge in [-0.15, -0.1) is 5.92 Å². The van der Waals surface area contributed by atoms with Crippen LogP contribution in [0.4, 0.5) is 5.69 Å². The van der Waals surface area contributed by atoms with Crippen molar-refractivity contribution >= 4 is 28.0 Å². The fourth-order valence-electron chi connectivity index (χ4n) is 16.8. The van der Waals surface area contributed by atoms with Crippen LogP contribution in [-0.2, 0) is 41.9 Å². The quantitative estimate of drug-likeness (QED) is 0.0525. The van der Waals surface area contributed by atoms with Crippen LogP contribution in [0.2, 0.25) is 0 Å². The van der Waals surface area contributed by atoms with E-state index in [1.54, 1.807) is 24.3 Å². The lowest BCUT2D eigenvalue weighted by molar-refractivity contribution is -0.142. The van der Waals surface area contributed by atoms with Crippen LogP contribution in [-0.4, -0.2) is 109 Å². The largest absolute Gasteiger partial charge is 0.508 e. The zero-order valence-electron chi connectivity index (χ0n) is 53.6. The molecule has 2 saturated carbocycles. The molecule has 13 bridgehead atoms. The minimum atomic E-state index is -1.93. The number of hydrogen-bond donors (Lipinski definition) is 12. The Morgan fingerprint density at radius 1 is 0.742 bits per heavy atom. The van der Waals surface area contributed by atoms with Crippen LogP contribution in [0.5, 0.6) is 23.0 Å². The van der Waals surface area contributed by atoms with E-state index in [4.69, 9.17) is 4.74 Å². The molecule has 15 nitrogen and oxygen atoms in total. The number of Topliss-reactive ketones (excluding diaryl/α,β-unsaturated/α-hetero) is 2. The van der Waals surface area contributed by atoms with E-state index in [0.29, 0.717) is 104 Å². The number of carbonyl (C=O) groups excluding carboxylic acids is 2. The maximum atomic E-state index is 15.7. The SMILES string of the molecule is CCC[C@@H]1[C@H]2C[C@@H]3C[C@@H]4C#C[C@H](c5cc(O)c(OC)cc5CCC(=O)[C@@H](O)C(=O)[C@@H]4C2)c2ccccc2[C@@H]2C[C@@H](CO)[C@H](Cc4cccc(O)c4CO)[C@@H](C#CC[C@H]3C3=CCNC(=C3)Nc3ccc4ccc(c(O)c4c3)C[C@@H](O)CNC[C@@H](C)c3c[nH]c(c3)C[C@H]1O)C2. The molecule has 1 aromatic heterocycles. The molecule has 2 fully saturated rings. The van der Waals surface area contributed by atoms with Crippen LogP contribution in [0.3, 0.4) is 0 Å². The first-order valence-electron chi connectivity index (χ1n) is 33.7. The second-order valence-corrected chi connectivity index (χ2v) is 27.5. The highest BCUT2D eigenvalue weighted by Crippen LogP contribution is 2.51. The van der Waals surface area contributed by atoms with Gasteiger partial charge in [-0.3, -0.25) is 9.59 Å². The molecular formula is C78H90N4O11. The third-order valence-corrected chi connectivity index (χ3v) is 21.7. The Balaban J connectivity index is 1.07. The fourth-order valence-corrected chi connectivity index (χ4v) is 16.8. The Labute approximate surface area is 545 Å². The highest BCUT2D eigenvalue weighted by Gasteiger charge is 2.46. The number of dihydropyridines is 1. The second-order valence-electron chi connectivity index (χ2n) is 27.5. The van der Waals surface area contributed by atoms with E-state index in [1.807, 2.05) is 54.7 Å². The Kier molecular flexibility index (Phi) is 20.2. The summed E-state index contributed by atoms with van der Waals surface area (Å²) in [6.07, 6.45) is 7.86. The van der Waals surface area contributed by atoms with Crippen LogP contribution in [0.25, 0.3) is 10.8 Å². The Morgan fingerprint density at radius 2 is 1.57 bits per heavy atom. The molecule has 0 radical (unpaired) electrons. The van der Waals surface area contributed by atoms with Crippen molar-refractivity contribution in [2.24, 2.45) is 53.3 Å². The van der Waals surface area contributed by atoms with Crippen LogP contribution in [0, 0.1) is 76.9 Å². The van der Waals surface area contributed by atoms with Crippen LogP contribution < -0.4 is 20.7 Å². The van der Waals surface area contributed by atoms with Crippen LogP contribution in [0.15, 0.2) is 121 Å². The van der Waals surface area contributed by atoms with Gasteiger partial charge in [0.2, 0.25) is 0 Å². The number of methoxy groups -OCH3 is 1. The van der Waals surface area contributed by atoms with E-state index in [9.17, 15) is 45.6 Å². The van der Waals surface area contributed by atoms with Gasteiger partial charge in [-0.25, -0.2) is 0 Å². The van der Waals surface area contributed by atoms with E-state index in [-0.39, 0.29) is 115 Å². The van der Waals surface area contributed by atoms with Gasteiger partial charge < -0.3 is 66.5 Å². The molecule has 2 aliphatic heterocycles. The summed E-state index contributed by atoms with van der Waals surface area (Å²) in [6, 6.07) is 28.7. The number of ketones is 2. The monoisotopic (exact) mass is 1260 g/mol. The topological polar surface area (TPSA) is 257 Å². The molecule has 15 heteroatoms. The highest BCUT2D eigenvalue weighted by atomic mass is 16.5. The number of anilines is 1. The number of rotatable bonds is 7. The first kappa shape index (κ1) is 65.2. The van der Waals surface area contributed by atoms with E-state index in [0.717, 1.165) is 51.0 Å². The number of benzene rings is 5. The van der Waals surface area contributed by atoms with E-state index >= 15 is 4.79 Å². The number of β-amino-alcohol motifs (C(OH)–C–C–N with tert-alkyl or cyclic N) is 1. The number of phenolic OH excluding ortho intramolecular Hbond substituents is 2. The van der Waals surface area contributed by atoms with Crippen molar-refractivity contribution in [1.82, 2.24) is 15.6 Å². The molecule has 12 rings (SSSR count). The molecule has 4 aliphatic carbocycles. The van der Waals surface area contributed by atoms with Crippen molar-refractivity contribution in [1.29, 1.82) is 0 Å². The van der Waals surface area contributed by atoms with Gasteiger partial charge in [0, 0.05) is 98.2 Å². The van der Waals surface area contributed by atoms with Crippen molar-refractivity contribution in [2.45, 2.75) is 140 Å². The van der Waals surface area contributed by atoms with Gasteiger partial charge in [-0.1, -0.05) is 98.7 Å². The predicted octanol–water partition coefficient (Wildman–Crippen LogP) is 10.1. The minimum Gasteiger partial charge on any atom is -0.508 e. The number of aromatic amines is 1. The summed E-state index contributed by atoms with van der Waals surface area (Å²) < 4.78 is 5.70. The summed E-state index contributed by atoms with van der Waals surface area (Å²) in [5.74, 6) is 10.8. The predicted molar refractivity (Wildman–Crippen MR) is 359 cm³/mol. The summed E-state index contributed by atoms with van der Waals surface area (Å²) in [6.45, 7) is 5.07. The number of aromatic nitrogens is 1. The van der Waals surface area contributed by atoms with Crippen LogP contribution in [0.1, 0.15) is 140 Å². The summed E-state index contributed by atoms with van der Waals surface area (Å²) in [5, 5.41) is 106. The highest BCUT2D eigenvalue weighted by molar-refractivity contribution is 6.06. The Morgan fingerprint density at radius 3 is 2.38 bits per heavy atom. The maximum Gasteiger partial charge on any atom is 0.173 e. The molecule has 6 aliphatic rings. The van der Waals surface area contributed by atoms with Crippen molar-refractivity contribution < 1.29 is 55.2 Å². The number of ether oxygens (including phenoxy) is 1. The average Bonchev–Trinajstić information content (AvgIpc) is 1.81. The molecule has 6 aromatic rings. The number of aliphatic hydroxyl groups is 5. The molecular weight excluding hydrogens is 1170 g/mol. The van der Waals surface area contributed by atoms with Gasteiger partial charge in [0.1, 0.15) is 17.3 Å². The number of aromatic hydroxyl groups is 3. The molecule has 0 unspecified atom stereocenters. The fraction of sp³-hybridized carbons (Fsp3) is 0.462. The maximum absolute atomic E-state index is 15.7. The first-order chi connectivity index (χ1) is 45.1. The van der Waals surface area contributed by atoms with Crippen molar-refractivity contribution in [2.75, 3.05) is 38.7 Å². The summed E-state index contributed by atoms with van der Waals surface area (Å²) in [5.41, 5.74) is 8.76. The number of aliphatic hydroxyl groups excluding tert-OH is 5. The van der Waals surface area contributed by atoms with Gasteiger partial charge in [0.05, 0.1) is 31.8 Å². The number of hydrogen-bond acceptors (Lipinski definition) is 14. The molecule has 0 saturated heterocycles. The van der Waals surface area contributed by atoms with E-state index in [1.165, 1.54) is 7.11 Å². The van der Waals surface area contributed by atoms with E-state index < -0.39 is 47.6 Å². The molecule has 0 spiro atoms. The van der Waals surface area contributed by atoms with Crippen molar-refractivity contribution in [3.63, 3.8) is 0 Å². The minimum absolute atomic E-state index is 0.00921. The number of aryl methyl sites for hydroxylation is 1.